The van der Waals surface area contributed by atoms with Crippen LogP contribution < -0.4 is 5.32 Å². The molecular formula is C9H4BrClF3NO3. The molecule has 2 N–H and O–H groups in total. The Labute approximate surface area is 112 Å². The van der Waals surface area contributed by atoms with Crippen molar-refractivity contribution in [1.82, 2.24) is 0 Å². The van der Waals surface area contributed by atoms with Gasteiger partial charge < -0.3 is 10.4 Å². The number of aromatic carboxylic acids is 1. The number of alkyl halides is 3. The van der Waals surface area contributed by atoms with Gasteiger partial charge in [-0.2, -0.15) is 13.2 Å². The Morgan fingerprint density at radius 3 is 2.33 bits per heavy atom. The van der Waals surface area contributed by atoms with Crippen LogP contribution in [0.25, 0.3) is 0 Å². The van der Waals surface area contributed by atoms with E-state index >= 15 is 0 Å². The second kappa shape index (κ2) is 5.15. The van der Waals surface area contributed by atoms with E-state index in [1.54, 1.807) is 0 Å². The van der Waals surface area contributed by atoms with Crippen molar-refractivity contribution < 1.29 is 27.9 Å². The van der Waals surface area contributed by atoms with E-state index in [2.05, 4.69) is 15.9 Å². The molecule has 0 aliphatic carbocycles. The number of benzene rings is 1. The van der Waals surface area contributed by atoms with Crippen molar-refractivity contribution in [2.24, 2.45) is 0 Å². The molecule has 1 aromatic rings. The lowest BCUT2D eigenvalue weighted by Gasteiger charge is -2.12. The van der Waals surface area contributed by atoms with Crippen LogP contribution in [0.2, 0.25) is 5.02 Å². The van der Waals surface area contributed by atoms with Gasteiger partial charge in [-0.15, -0.1) is 0 Å². The molecule has 0 saturated carbocycles. The van der Waals surface area contributed by atoms with Crippen molar-refractivity contribution in [3.05, 3.63) is 27.2 Å². The zero-order valence-electron chi connectivity index (χ0n) is 8.31. The lowest BCUT2D eigenvalue weighted by Crippen LogP contribution is -2.30. The molecule has 0 aromatic heterocycles. The van der Waals surface area contributed by atoms with E-state index in [4.69, 9.17) is 16.7 Å². The smallest absolute Gasteiger partial charge is 0.471 e. The average Bonchev–Trinajstić information content (AvgIpc) is 2.19. The summed E-state index contributed by atoms with van der Waals surface area (Å²) < 4.78 is 36.2. The highest BCUT2D eigenvalue weighted by Crippen LogP contribution is 2.32. The van der Waals surface area contributed by atoms with Crippen LogP contribution in [-0.4, -0.2) is 23.2 Å². The Balaban J connectivity index is 3.24. The predicted molar refractivity (Wildman–Crippen MR) is 60.8 cm³/mol. The molecule has 18 heavy (non-hydrogen) atoms. The first kappa shape index (κ1) is 14.8. The second-order valence-corrected chi connectivity index (χ2v) is 4.36. The largest absolute Gasteiger partial charge is 0.478 e. The topological polar surface area (TPSA) is 66.4 Å². The molecule has 0 heterocycles. The lowest BCUT2D eigenvalue weighted by atomic mass is 10.2. The van der Waals surface area contributed by atoms with Gasteiger partial charge in [0.15, 0.2) is 0 Å². The summed E-state index contributed by atoms with van der Waals surface area (Å²) in [7, 11) is 0. The maximum atomic E-state index is 12.1. The van der Waals surface area contributed by atoms with Crippen LogP contribution in [0.15, 0.2) is 16.6 Å². The highest BCUT2D eigenvalue weighted by Gasteiger charge is 2.39. The van der Waals surface area contributed by atoms with E-state index in [9.17, 15) is 22.8 Å². The molecule has 0 atom stereocenters. The summed E-state index contributed by atoms with van der Waals surface area (Å²) in [5, 5.41) is 10.3. The quantitative estimate of drug-likeness (QED) is 0.863. The Morgan fingerprint density at radius 2 is 1.89 bits per heavy atom. The number of hydrogen-bond acceptors (Lipinski definition) is 2. The third-order valence-electron chi connectivity index (χ3n) is 1.78. The van der Waals surface area contributed by atoms with Crippen molar-refractivity contribution in [1.29, 1.82) is 0 Å². The third-order valence-corrected chi connectivity index (χ3v) is 2.63. The Kier molecular flexibility index (Phi) is 4.23. The summed E-state index contributed by atoms with van der Waals surface area (Å²) in [4.78, 5) is 21.6. The number of amides is 1. The minimum absolute atomic E-state index is 0.00397. The van der Waals surface area contributed by atoms with Gasteiger partial charge in [-0.25, -0.2) is 4.79 Å². The average molecular weight is 346 g/mol. The van der Waals surface area contributed by atoms with E-state index in [0.717, 1.165) is 6.07 Å². The minimum Gasteiger partial charge on any atom is -0.478 e. The molecule has 0 saturated heterocycles. The second-order valence-electron chi connectivity index (χ2n) is 3.07. The molecule has 0 unspecified atom stereocenters. The van der Waals surface area contributed by atoms with Crippen molar-refractivity contribution in [3.8, 4) is 0 Å². The predicted octanol–water partition coefficient (Wildman–Crippen LogP) is 3.30. The summed E-state index contributed by atoms with van der Waals surface area (Å²) in [5.74, 6) is -3.79. The van der Waals surface area contributed by atoms with Gasteiger partial charge in [-0.3, -0.25) is 4.79 Å². The molecule has 98 valence electrons. The number of hydrogen-bond donors (Lipinski definition) is 2. The summed E-state index contributed by atoms with van der Waals surface area (Å²) in [6, 6.07) is 2.10. The number of rotatable bonds is 2. The number of carboxylic acid groups (broad SMARTS) is 1. The fourth-order valence-electron chi connectivity index (χ4n) is 1.05. The monoisotopic (exact) mass is 345 g/mol. The molecule has 1 amide bonds. The van der Waals surface area contributed by atoms with E-state index in [-0.39, 0.29) is 9.50 Å². The van der Waals surface area contributed by atoms with Gasteiger partial charge >= 0.3 is 18.1 Å². The van der Waals surface area contributed by atoms with E-state index in [1.165, 1.54) is 11.4 Å². The third kappa shape index (κ3) is 3.36. The summed E-state index contributed by atoms with van der Waals surface area (Å²) in [6.45, 7) is 0. The Hall–Kier alpha value is -1.28. The fourth-order valence-corrected chi connectivity index (χ4v) is 1.96. The van der Waals surface area contributed by atoms with Gasteiger partial charge in [0.1, 0.15) is 0 Å². The number of halogens is 5. The van der Waals surface area contributed by atoms with Gasteiger partial charge in [-0.05, 0) is 28.1 Å². The molecule has 0 aliphatic heterocycles. The van der Waals surface area contributed by atoms with Crippen LogP contribution in [0, 0.1) is 0 Å². The van der Waals surface area contributed by atoms with E-state index in [1.807, 2.05) is 0 Å². The molecule has 9 heteroatoms. The molecule has 4 nitrogen and oxygen atoms in total. The van der Waals surface area contributed by atoms with Crippen molar-refractivity contribution in [2.75, 3.05) is 5.32 Å². The molecule has 0 spiro atoms. The number of nitrogens with one attached hydrogen (secondary N) is 1. The van der Waals surface area contributed by atoms with Gasteiger partial charge in [0.25, 0.3) is 0 Å². The van der Waals surface area contributed by atoms with Crippen molar-refractivity contribution in [3.63, 3.8) is 0 Å². The van der Waals surface area contributed by atoms with Crippen LogP contribution in [0.4, 0.5) is 18.9 Å². The van der Waals surface area contributed by atoms with Gasteiger partial charge in [0.2, 0.25) is 0 Å². The van der Waals surface area contributed by atoms with E-state index in [0.29, 0.717) is 0 Å². The number of anilines is 1. The van der Waals surface area contributed by atoms with Crippen LogP contribution in [0.3, 0.4) is 0 Å². The number of carbonyl (C=O) groups excluding carboxylic acids is 1. The van der Waals surface area contributed by atoms with Crippen LogP contribution >= 0.6 is 27.5 Å². The lowest BCUT2D eigenvalue weighted by molar-refractivity contribution is -0.167. The maximum Gasteiger partial charge on any atom is 0.471 e. The molecule has 0 fully saturated rings. The maximum absolute atomic E-state index is 12.1. The Bertz CT molecular complexity index is 519. The summed E-state index contributed by atoms with van der Waals surface area (Å²) in [6.07, 6.45) is -5.12. The molecule has 1 aromatic carbocycles. The van der Waals surface area contributed by atoms with Crippen LogP contribution in [0.1, 0.15) is 10.4 Å². The van der Waals surface area contributed by atoms with Gasteiger partial charge in [0.05, 0.1) is 11.3 Å². The first-order valence-corrected chi connectivity index (χ1v) is 5.40. The summed E-state index contributed by atoms with van der Waals surface area (Å²) >= 11 is 8.40. The molecule has 0 aliphatic rings. The zero-order valence-corrected chi connectivity index (χ0v) is 10.7. The zero-order chi connectivity index (χ0) is 14.1. The normalized spacial score (nSPS) is 11.2. The molecular weight excluding hydrogens is 342 g/mol. The van der Waals surface area contributed by atoms with Crippen molar-refractivity contribution >= 4 is 45.1 Å². The Morgan fingerprint density at radius 1 is 1.33 bits per heavy atom. The highest BCUT2D eigenvalue weighted by atomic mass is 79.9. The standard InChI is InChI=1S/C9H4BrClF3NO3/c10-5-2-3(11)1-4(7(16)17)6(5)15-8(18)9(12,13)14/h1-2H,(H,15,18)(H,16,17). The first-order chi connectivity index (χ1) is 8.12. The van der Waals surface area contributed by atoms with Gasteiger partial charge in [-0.1, -0.05) is 11.6 Å². The highest BCUT2D eigenvalue weighted by molar-refractivity contribution is 9.10. The van der Waals surface area contributed by atoms with Crippen LogP contribution in [-0.2, 0) is 4.79 Å². The minimum atomic E-state index is -5.12. The SMILES string of the molecule is O=C(O)c1cc(Cl)cc(Br)c1NC(=O)C(F)(F)F. The molecule has 0 radical (unpaired) electrons. The first-order valence-electron chi connectivity index (χ1n) is 4.23. The summed E-state index contributed by atoms with van der Waals surface area (Å²) in [5.41, 5.74) is -1.05. The molecule has 0 bridgehead atoms. The number of carbonyl (C=O) groups is 2. The molecule has 1 rings (SSSR count). The van der Waals surface area contributed by atoms with Crippen molar-refractivity contribution in [2.45, 2.75) is 6.18 Å². The number of carboxylic acids is 1. The van der Waals surface area contributed by atoms with E-state index < -0.39 is 29.3 Å². The van der Waals surface area contributed by atoms with Gasteiger partial charge in [0, 0.05) is 9.50 Å². The fraction of sp³-hybridized carbons (Fsp3) is 0.111. The van der Waals surface area contributed by atoms with Crippen LogP contribution in [0.5, 0.6) is 0 Å².